The van der Waals surface area contributed by atoms with Crippen LogP contribution in [-0.4, -0.2) is 18.1 Å². The van der Waals surface area contributed by atoms with E-state index in [1.165, 1.54) is 37.4 Å². The number of benzene rings is 2. The molecule has 20 heavy (non-hydrogen) atoms. The van der Waals surface area contributed by atoms with Crippen molar-refractivity contribution in [3.63, 3.8) is 0 Å². The fourth-order valence-corrected chi connectivity index (χ4v) is 1.70. The second kappa shape index (κ2) is 5.48. The van der Waals surface area contributed by atoms with Gasteiger partial charge in [-0.1, -0.05) is 0 Å². The van der Waals surface area contributed by atoms with Crippen molar-refractivity contribution in [1.29, 1.82) is 0 Å². The van der Waals surface area contributed by atoms with E-state index in [1.807, 2.05) is 0 Å². The predicted octanol–water partition coefficient (Wildman–Crippen LogP) is 2.37. The Balaban J connectivity index is 2.30. The van der Waals surface area contributed by atoms with Crippen LogP contribution in [0, 0.1) is 5.82 Å². The van der Waals surface area contributed by atoms with Crippen LogP contribution < -0.4 is 15.8 Å². The molecule has 104 valence electrons. The summed E-state index contributed by atoms with van der Waals surface area (Å²) in [5.74, 6) is -0.882. The van der Waals surface area contributed by atoms with E-state index in [2.05, 4.69) is 5.32 Å². The molecule has 4 N–H and O–H groups in total. The highest BCUT2D eigenvalue weighted by Crippen LogP contribution is 2.26. The van der Waals surface area contributed by atoms with Gasteiger partial charge >= 0.3 is 0 Å². The predicted molar refractivity (Wildman–Crippen MR) is 73.4 cm³/mol. The van der Waals surface area contributed by atoms with Crippen molar-refractivity contribution in [3.8, 4) is 11.5 Å². The first-order valence-corrected chi connectivity index (χ1v) is 5.74. The van der Waals surface area contributed by atoms with E-state index in [4.69, 9.17) is 10.5 Å². The van der Waals surface area contributed by atoms with Gasteiger partial charge in [0, 0.05) is 11.8 Å². The summed E-state index contributed by atoms with van der Waals surface area (Å²) in [5, 5.41) is 11.9. The summed E-state index contributed by atoms with van der Waals surface area (Å²) in [6, 6.07) is 7.79. The highest BCUT2D eigenvalue weighted by molar-refractivity contribution is 6.08. The van der Waals surface area contributed by atoms with Gasteiger partial charge in [0.05, 0.1) is 18.4 Å². The number of methoxy groups -OCH3 is 1. The van der Waals surface area contributed by atoms with Gasteiger partial charge in [-0.25, -0.2) is 4.39 Å². The number of rotatable bonds is 3. The summed E-state index contributed by atoms with van der Waals surface area (Å²) < 4.78 is 18.0. The van der Waals surface area contributed by atoms with Crippen molar-refractivity contribution in [3.05, 3.63) is 47.8 Å². The topological polar surface area (TPSA) is 84.6 Å². The van der Waals surface area contributed by atoms with Gasteiger partial charge in [-0.05, 0) is 30.3 Å². The average molecular weight is 276 g/mol. The number of ether oxygens (including phenoxy) is 1. The molecule has 0 aliphatic carbocycles. The molecule has 0 saturated heterocycles. The van der Waals surface area contributed by atoms with Gasteiger partial charge < -0.3 is 20.9 Å². The molecule has 0 atom stereocenters. The van der Waals surface area contributed by atoms with Crippen LogP contribution >= 0.6 is 0 Å². The van der Waals surface area contributed by atoms with Crippen LogP contribution in [0.1, 0.15) is 10.4 Å². The third kappa shape index (κ3) is 2.80. The molecule has 0 fully saturated rings. The number of anilines is 2. The molecule has 0 heterocycles. The highest BCUT2D eigenvalue weighted by atomic mass is 19.1. The second-order valence-corrected chi connectivity index (χ2v) is 4.07. The number of carbonyl (C=O) groups is 1. The number of nitrogens with one attached hydrogen (secondary N) is 1. The Labute approximate surface area is 114 Å². The van der Waals surface area contributed by atoms with Crippen LogP contribution in [0.3, 0.4) is 0 Å². The van der Waals surface area contributed by atoms with Crippen LogP contribution in [0.4, 0.5) is 15.8 Å². The number of phenolic OH excluding ortho intramolecular Hbond substituents is 1. The molecule has 5 nitrogen and oxygen atoms in total. The zero-order valence-corrected chi connectivity index (χ0v) is 10.7. The highest BCUT2D eigenvalue weighted by Gasteiger charge is 2.13. The number of hydrogen-bond donors (Lipinski definition) is 3. The first-order chi connectivity index (χ1) is 9.51. The monoisotopic (exact) mass is 276 g/mol. The maximum absolute atomic E-state index is 13.1. The van der Waals surface area contributed by atoms with Crippen LogP contribution in [0.15, 0.2) is 36.4 Å². The molecule has 6 heteroatoms. The van der Waals surface area contributed by atoms with Crippen molar-refractivity contribution in [2.75, 3.05) is 18.2 Å². The molecule has 2 aromatic rings. The number of aromatic hydroxyl groups is 1. The number of carbonyl (C=O) groups excluding carboxylic acids is 1. The second-order valence-electron chi connectivity index (χ2n) is 4.07. The fraction of sp³-hybridized carbons (Fsp3) is 0.0714. The number of halogens is 1. The molecule has 0 spiro atoms. The number of nitrogens with two attached hydrogens (primary N) is 1. The Bertz CT molecular complexity index is 659. The first-order valence-electron chi connectivity index (χ1n) is 5.74. The van der Waals surface area contributed by atoms with E-state index < -0.39 is 11.7 Å². The van der Waals surface area contributed by atoms with Crippen LogP contribution in [0.25, 0.3) is 0 Å². The van der Waals surface area contributed by atoms with Crippen molar-refractivity contribution < 1.29 is 19.0 Å². The molecule has 0 aliphatic heterocycles. The Morgan fingerprint density at radius 1 is 1.30 bits per heavy atom. The summed E-state index contributed by atoms with van der Waals surface area (Å²) in [7, 11) is 1.37. The van der Waals surface area contributed by atoms with Crippen molar-refractivity contribution in [2.45, 2.75) is 0 Å². The van der Waals surface area contributed by atoms with E-state index >= 15 is 0 Å². The summed E-state index contributed by atoms with van der Waals surface area (Å²) in [6.07, 6.45) is 0. The van der Waals surface area contributed by atoms with E-state index in [-0.39, 0.29) is 22.7 Å². The van der Waals surface area contributed by atoms with Crippen molar-refractivity contribution in [1.82, 2.24) is 0 Å². The van der Waals surface area contributed by atoms with Gasteiger partial charge in [0.25, 0.3) is 5.91 Å². The Morgan fingerprint density at radius 3 is 2.75 bits per heavy atom. The summed E-state index contributed by atoms with van der Waals surface area (Å²) >= 11 is 0. The van der Waals surface area contributed by atoms with E-state index in [9.17, 15) is 14.3 Å². The molecule has 0 aromatic heterocycles. The average Bonchev–Trinajstić information content (AvgIpc) is 2.43. The maximum atomic E-state index is 13.1. The van der Waals surface area contributed by atoms with Crippen LogP contribution in [0.5, 0.6) is 11.5 Å². The normalized spacial score (nSPS) is 10.1. The number of nitrogen functional groups attached to an aromatic ring is 1. The minimum atomic E-state index is -0.525. The zero-order valence-electron chi connectivity index (χ0n) is 10.7. The Hall–Kier alpha value is -2.76. The Morgan fingerprint density at radius 2 is 2.05 bits per heavy atom. The summed E-state index contributed by atoms with van der Waals surface area (Å²) in [5.41, 5.74) is 6.33. The third-order valence-electron chi connectivity index (χ3n) is 2.69. The zero-order chi connectivity index (χ0) is 14.7. The number of hydrogen-bond acceptors (Lipinski definition) is 4. The summed E-state index contributed by atoms with van der Waals surface area (Å²) in [4.78, 5) is 12.1. The molecule has 2 aromatic carbocycles. The van der Waals surface area contributed by atoms with E-state index in [0.29, 0.717) is 5.69 Å². The molecule has 0 bridgehead atoms. The molecular weight excluding hydrogens is 263 g/mol. The molecule has 2 rings (SSSR count). The van der Waals surface area contributed by atoms with Crippen molar-refractivity contribution in [2.24, 2.45) is 0 Å². The third-order valence-corrected chi connectivity index (χ3v) is 2.69. The molecule has 1 amide bonds. The summed E-state index contributed by atoms with van der Waals surface area (Å²) in [6.45, 7) is 0. The molecule has 0 unspecified atom stereocenters. The lowest BCUT2D eigenvalue weighted by molar-refractivity contribution is 0.102. The molecular formula is C14H13FN2O3. The lowest BCUT2D eigenvalue weighted by Gasteiger charge is -2.11. The van der Waals surface area contributed by atoms with E-state index in [1.54, 1.807) is 0 Å². The molecule has 0 aliphatic rings. The minimum Gasteiger partial charge on any atom is -0.508 e. The fourth-order valence-electron chi connectivity index (χ4n) is 1.70. The molecule has 0 saturated carbocycles. The first kappa shape index (κ1) is 13.7. The van der Waals surface area contributed by atoms with Gasteiger partial charge in [0.1, 0.15) is 17.3 Å². The maximum Gasteiger partial charge on any atom is 0.257 e. The number of amides is 1. The number of phenols is 1. The van der Waals surface area contributed by atoms with Crippen LogP contribution in [-0.2, 0) is 0 Å². The van der Waals surface area contributed by atoms with Gasteiger partial charge in [-0.15, -0.1) is 0 Å². The van der Waals surface area contributed by atoms with Gasteiger partial charge in [-0.2, -0.15) is 0 Å². The smallest absolute Gasteiger partial charge is 0.257 e. The van der Waals surface area contributed by atoms with Crippen LogP contribution in [0.2, 0.25) is 0 Å². The van der Waals surface area contributed by atoms with Gasteiger partial charge in [0.2, 0.25) is 0 Å². The van der Waals surface area contributed by atoms with Gasteiger partial charge in [-0.3, -0.25) is 4.79 Å². The van der Waals surface area contributed by atoms with E-state index in [0.717, 1.165) is 6.07 Å². The van der Waals surface area contributed by atoms with Gasteiger partial charge in [0.15, 0.2) is 0 Å². The lowest BCUT2D eigenvalue weighted by Crippen LogP contribution is -2.14. The SMILES string of the molecule is COc1cc(F)ccc1NC(=O)c1cc(O)ccc1N. The minimum absolute atomic E-state index is 0.0737. The Kier molecular flexibility index (Phi) is 3.74. The van der Waals surface area contributed by atoms with Crippen molar-refractivity contribution >= 4 is 17.3 Å². The largest absolute Gasteiger partial charge is 0.508 e. The quantitative estimate of drug-likeness (QED) is 0.593. The standard InChI is InChI=1S/C14H13FN2O3/c1-20-13-6-8(15)2-5-12(13)17-14(19)10-7-9(18)3-4-11(10)16/h2-7,18H,16H2,1H3,(H,17,19). The molecule has 0 radical (unpaired) electrons. The lowest BCUT2D eigenvalue weighted by atomic mass is 10.1.